The first kappa shape index (κ1) is 14.2. The van der Waals surface area contributed by atoms with E-state index in [-0.39, 0.29) is 10.6 Å². The standard InChI is InChI=1S/C11H15BrN2O2S2/c12-8-3-4-11(10(13)6-8)18(15,16)14-7-9-2-1-5-17-9/h3-4,6,9,14H,1-2,5,7,13H2. The average molecular weight is 351 g/mol. The fourth-order valence-corrected chi connectivity index (χ4v) is 4.73. The monoisotopic (exact) mass is 350 g/mol. The van der Waals surface area contributed by atoms with Crippen LogP contribution in [-0.4, -0.2) is 26.0 Å². The predicted molar refractivity (Wildman–Crippen MR) is 79.2 cm³/mol. The van der Waals surface area contributed by atoms with Gasteiger partial charge in [0.05, 0.1) is 5.69 Å². The number of rotatable bonds is 4. The Morgan fingerprint density at radius 2 is 2.28 bits per heavy atom. The Bertz CT molecular complexity index is 528. The van der Waals surface area contributed by atoms with E-state index in [0.29, 0.717) is 11.8 Å². The summed E-state index contributed by atoms with van der Waals surface area (Å²) in [5, 5.41) is 0.386. The lowest BCUT2D eigenvalue weighted by atomic mass is 10.2. The minimum absolute atomic E-state index is 0.147. The van der Waals surface area contributed by atoms with Gasteiger partial charge in [-0.2, -0.15) is 11.8 Å². The van der Waals surface area contributed by atoms with Crippen LogP contribution in [0.25, 0.3) is 0 Å². The highest BCUT2D eigenvalue weighted by Crippen LogP contribution is 2.26. The van der Waals surface area contributed by atoms with E-state index in [1.807, 2.05) is 11.8 Å². The summed E-state index contributed by atoms with van der Waals surface area (Å²) in [5.41, 5.74) is 6.00. The molecule has 0 spiro atoms. The predicted octanol–water partition coefficient (Wildman–Crippen LogP) is 2.21. The average Bonchev–Trinajstić information content (AvgIpc) is 2.78. The maximum Gasteiger partial charge on any atom is 0.242 e. The van der Waals surface area contributed by atoms with Crippen LogP contribution in [0.3, 0.4) is 0 Å². The third-order valence-electron chi connectivity index (χ3n) is 2.79. The van der Waals surface area contributed by atoms with Gasteiger partial charge in [-0.15, -0.1) is 0 Å². The molecule has 1 saturated heterocycles. The van der Waals surface area contributed by atoms with Crippen LogP contribution in [0.2, 0.25) is 0 Å². The largest absolute Gasteiger partial charge is 0.398 e. The molecule has 7 heteroatoms. The maximum atomic E-state index is 12.1. The van der Waals surface area contributed by atoms with Crippen molar-refractivity contribution in [2.24, 2.45) is 0 Å². The quantitative estimate of drug-likeness (QED) is 0.816. The van der Waals surface area contributed by atoms with E-state index in [1.165, 1.54) is 6.07 Å². The zero-order valence-corrected chi connectivity index (χ0v) is 12.9. The van der Waals surface area contributed by atoms with E-state index in [2.05, 4.69) is 20.7 Å². The number of nitrogen functional groups attached to an aromatic ring is 1. The third kappa shape index (κ3) is 3.40. The topological polar surface area (TPSA) is 72.2 Å². The normalized spacial score (nSPS) is 20.2. The third-order valence-corrected chi connectivity index (χ3v) is 6.18. The summed E-state index contributed by atoms with van der Waals surface area (Å²) in [6, 6.07) is 4.79. The molecular formula is C11H15BrN2O2S2. The molecule has 1 aliphatic heterocycles. The van der Waals surface area contributed by atoms with E-state index in [0.717, 1.165) is 23.1 Å². The molecule has 18 heavy (non-hydrogen) atoms. The molecule has 1 heterocycles. The van der Waals surface area contributed by atoms with E-state index in [1.54, 1.807) is 12.1 Å². The SMILES string of the molecule is Nc1cc(Br)ccc1S(=O)(=O)NCC1CCCS1. The number of benzene rings is 1. The van der Waals surface area contributed by atoms with Gasteiger partial charge in [0.15, 0.2) is 0 Å². The minimum Gasteiger partial charge on any atom is -0.398 e. The van der Waals surface area contributed by atoms with Gasteiger partial charge in [0, 0.05) is 16.3 Å². The Hall–Kier alpha value is -0.240. The van der Waals surface area contributed by atoms with Crippen molar-refractivity contribution in [2.45, 2.75) is 23.0 Å². The van der Waals surface area contributed by atoms with Crippen molar-refractivity contribution in [1.29, 1.82) is 0 Å². The molecule has 0 amide bonds. The Morgan fingerprint density at radius 3 is 2.89 bits per heavy atom. The maximum absolute atomic E-state index is 12.1. The van der Waals surface area contributed by atoms with Crippen molar-refractivity contribution in [3.8, 4) is 0 Å². The van der Waals surface area contributed by atoms with Crippen molar-refractivity contribution < 1.29 is 8.42 Å². The number of halogens is 1. The molecule has 100 valence electrons. The number of nitrogens with two attached hydrogens (primary N) is 1. The minimum atomic E-state index is -3.50. The van der Waals surface area contributed by atoms with Crippen LogP contribution in [0.5, 0.6) is 0 Å². The molecule has 0 radical (unpaired) electrons. The molecule has 1 unspecified atom stereocenters. The summed E-state index contributed by atoms with van der Waals surface area (Å²) in [4.78, 5) is 0.147. The first-order valence-corrected chi connectivity index (χ1v) is 8.98. The van der Waals surface area contributed by atoms with Gasteiger partial charge in [-0.25, -0.2) is 13.1 Å². The Labute approximate surface area is 120 Å². The molecule has 0 aliphatic carbocycles. The summed E-state index contributed by atoms with van der Waals surface area (Å²) < 4.78 is 27.6. The lowest BCUT2D eigenvalue weighted by Gasteiger charge is -2.12. The molecule has 1 fully saturated rings. The highest BCUT2D eigenvalue weighted by Gasteiger charge is 2.21. The second-order valence-electron chi connectivity index (χ2n) is 4.17. The second kappa shape index (κ2) is 5.81. The second-order valence-corrected chi connectivity index (χ2v) is 8.23. The lowest BCUT2D eigenvalue weighted by Crippen LogP contribution is -2.30. The highest BCUT2D eigenvalue weighted by molar-refractivity contribution is 9.10. The van der Waals surface area contributed by atoms with Crippen LogP contribution in [0.15, 0.2) is 27.6 Å². The molecule has 0 aromatic heterocycles. The molecule has 0 saturated carbocycles. The van der Waals surface area contributed by atoms with Gasteiger partial charge in [-0.1, -0.05) is 15.9 Å². The molecule has 1 atom stereocenters. The van der Waals surface area contributed by atoms with E-state index in [4.69, 9.17) is 5.73 Å². The molecule has 1 aliphatic rings. The Balaban J connectivity index is 2.09. The Kier molecular flexibility index (Phi) is 4.58. The molecule has 1 aromatic carbocycles. The van der Waals surface area contributed by atoms with Crippen molar-refractivity contribution in [3.05, 3.63) is 22.7 Å². The summed E-state index contributed by atoms with van der Waals surface area (Å²) in [7, 11) is -3.50. The molecule has 3 N–H and O–H groups in total. The molecular weight excluding hydrogens is 336 g/mol. The first-order valence-electron chi connectivity index (χ1n) is 5.65. The zero-order chi connectivity index (χ0) is 13.2. The number of anilines is 1. The number of nitrogens with one attached hydrogen (secondary N) is 1. The molecule has 1 aromatic rings. The molecule has 0 bridgehead atoms. The molecule has 4 nitrogen and oxygen atoms in total. The fraction of sp³-hybridized carbons (Fsp3) is 0.455. The lowest BCUT2D eigenvalue weighted by molar-refractivity contribution is 0.579. The van der Waals surface area contributed by atoms with Crippen LogP contribution < -0.4 is 10.5 Å². The summed E-state index contributed by atoms with van der Waals surface area (Å²) in [5.74, 6) is 1.12. The summed E-state index contributed by atoms with van der Waals surface area (Å²) >= 11 is 5.08. The van der Waals surface area contributed by atoms with Crippen LogP contribution in [-0.2, 0) is 10.0 Å². The van der Waals surface area contributed by atoms with Crippen molar-refractivity contribution >= 4 is 43.4 Å². The van der Waals surface area contributed by atoms with Crippen molar-refractivity contribution in [1.82, 2.24) is 4.72 Å². The number of thioether (sulfide) groups is 1. The Morgan fingerprint density at radius 1 is 1.50 bits per heavy atom. The highest BCUT2D eigenvalue weighted by atomic mass is 79.9. The van der Waals surface area contributed by atoms with Crippen LogP contribution in [0, 0.1) is 0 Å². The summed E-state index contributed by atoms with van der Waals surface area (Å²) in [6.45, 7) is 0.475. The zero-order valence-electron chi connectivity index (χ0n) is 9.73. The van der Waals surface area contributed by atoms with E-state index < -0.39 is 10.0 Å². The smallest absolute Gasteiger partial charge is 0.242 e. The first-order chi connectivity index (χ1) is 8.49. The van der Waals surface area contributed by atoms with Crippen molar-refractivity contribution in [3.63, 3.8) is 0 Å². The van der Waals surface area contributed by atoms with Crippen molar-refractivity contribution in [2.75, 3.05) is 18.0 Å². The van der Waals surface area contributed by atoms with Gasteiger partial charge in [0.25, 0.3) is 0 Å². The summed E-state index contributed by atoms with van der Waals surface area (Å²) in [6.07, 6.45) is 2.24. The fourth-order valence-electron chi connectivity index (χ4n) is 1.85. The van der Waals surface area contributed by atoms with E-state index >= 15 is 0 Å². The van der Waals surface area contributed by atoms with Gasteiger partial charge in [-0.05, 0) is 36.8 Å². The van der Waals surface area contributed by atoms with Gasteiger partial charge in [0.1, 0.15) is 4.90 Å². The van der Waals surface area contributed by atoms with Crippen LogP contribution in [0.4, 0.5) is 5.69 Å². The van der Waals surface area contributed by atoms with Gasteiger partial charge < -0.3 is 5.73 Å². The van der Waals surface area contributed by atoms with Crippen LogP contribution >= 0.6 is 27.7 Å². The van der Waals surface area contributed by atoms with Crippen LogP contribution in [0.1, 0.15) is 12.8 Å². The number of hydrogen-bond acceptors (Lipinski definition) is 4. The van der Waals surface area contributed by atoms with Gasteiger partial charge in [0.2, 0.25) is 10.0 Å². The number of hydrogen-bond donors (Lipinski definition) is 2. The number of sulfonamides is 1. The van der Waals surface area contributed by atoms with E-state index in [9.17, 15) is 8.42 Å². The van der Waals surface area contributed by atoms with Gasteiger partial charge >= 0.3 is 0 Å². The molecule has 2 rings (SSSR count). The van der Waals surface area contributed by atoms with Gasteiger partial charge in [-0.3, -0.25) is 0 Å².